The molecule has 2 amide bonds. The lowest BCUT2D eigenvalue weighted by atomic mass is 10.1. The Hall–Kier alpha value is -3.47. The molecule has 0 bridgehead atoms. The lowest BCUT2D eigenvalue weighted by Crippen LogP contribution is -2.28. The monoisotopic (exact) mass is 359 g/mol. The molecule has 5 nitrogen and oxygen atoms in total. The van der Waals surface area contributed by atoms with Crippen LogP contribution in [0.5, 0.6) is 0 Å². The molecule has 0 aliphatic heterocycles. The Bertz CT molecular complexity index is 911. The highest BCUT2D eigenvalue weighted by molar-refractivity contribution is 5.98. The summed E-state index contributed by atoms with van der Waals surface area (Å²) in [4.78, 5) is 30.7. The number of amides is 2. The normalized spacial score (nSPS) is 10.3. The molecule has 0 aliphatic carbocycles. The summed E-state index contributed by atoms with van der Waals surface area (Å²) in [6, 6.07) is 22.5. The molecule has 136 valence electrons. The number of rotatable bonds is 6. The number of benzene rings is 2. The van der Waals surface area contributed by atoms with Gasteiger partial charge in [0.2, 0.25) is 0 Å². The van der Waals surface area contributed by atoms with E-state index in [4.69, 9.17) is 0 Å². The van der Waals surface area contributed by atoms with Crippen LogP contribution in [0.1, 0.15) is 32.0 Å². The molecule has 0 spiro atoms. The van der Waals surface area contributed by atoms with Crippen LogP contribution in [0.2, 0.25) is 0 Å². The summed E-state index contributed by atoms with van der Waals surface area (Å²) in [5.74, 6) is -0.461. The van der Waals surface area contributed by atoms with Crippen LogP contribution in [0.25, 0.3) is 0 Å². The second kappa shape index (κ2) is 8.76. The fourth-order valence-corrected chi connectivity index (χ4v) is 2.69. The van der Waals surface area contributed by atoms with Crippen molar-refractivity contribution < 1.29 is 9.59 Å². The first-order chi connectivity index (χ1) is 13.1. The summed E-state index contributed by atoms with van der Waals surface area (Å²) in [6.07, 6.45) is 1.49. The van der Waals surface area contributed by atoms with Gasteiger partial charge in [-0.25, -0.2) is 0 Å². The highest BCUT2D eigenvalue weighted by atomic mass is 16.2. The molecule has 3 aromatic rings. The van der Waals surface area contributed by atoms with Gasteiger partial charge in [0.1, 0.15) is 5.69 Å². The lowest BCUT2D eigenvalue weighted by molar-refractivity contribution is 0.0779. The molecule has 5 heteroatoms. The van der Waals surface area contributed by atoms with Crippen LogP contribution in [-0.4, -0.2) is 28.7 Å². The van der Waals surface area contributed by atoms with E-state index in [2.05, 4.69) is 10.3 Å². The second-order valence-corrected chi connectivity index (χ2v) is 6.24. The number of carbonyl (C=O) groups excluding carboxylic acids is 2. The third-order valence-electron chi connectivity index (χ3n) is 4.15. The van der Waals surface area contributed by atoms with Crippen molar-refractivity contribution in [1.82, 2.24) is 15.2 Å². The van der Waals surface area contributed by atoms with Crippen LogP contribution < -0.4 is 5.32 Å². The van der Waals surface area contributed by atoms with Gasteiger partial charge in [-0.2, -0.15) is 0 Å². The maximum absolute atomic E-state index is 12.6. The van der Waals surface area contributed by atoms with Gasteiger partial charge in [-0.05, 0) is 23.3 Å². The molecule has 1 N–H and O–H groups in total. The minimum absolute atomic E-state index is 0.225. The van der Waals surface area contributed by atoms with E-state index in [1.165, 1.54) is 12.3 Å². The molecule has 0 radical (unpaired) electrons. The van der Waals surface area contributed by atoms with Crippen molar-refractivity contribution >= 4 is 11.8 Å². The van der Waals surface area contributed by atoms with Crippen LogP contribution in [0.4, 0.5) is 0 Å². The largest absolute Gasteiger partial charge is 0.348 e. The lowest BCUT2D eigenvalue weighted by Gasteiger charge is -2.17. The van der Waals surface area contributed by atoms with Crippen molar-refractivity contribution in [3.63, 3.8) is 0 Å². The van der Waals surface area contributed by atoms with Gasteiger partial charge in [0.05, 0.1) is 0 Å². The average molecular weight is 359 g/mol. The molecular formula is C22H21N3O2. The van der Waals surface area contributed by atoms with Gasteiger partial charge < -0.3 is 10.2 Å². The van der Waals surface area contributed by atoms with Crippen molar-refractivity contribution in [2.24, 2.45) is 0 Å². The standard InChI is InChI=1S/C22H21N3O2/c1-25(16-18-10-6-3-7-11-18)22(27)20-14-19(12-13-23-20)21(26)24-15-17-8-4-2-5-9-17/h2-14H,15-16H2,1H3,(H,24,26). The van der Waals surface area contributed by atoms with Crippen molar-refractivity contribution in [2.75, 3.05) is 7.05 Å². The van der Waals surface area contributed by atoms with E-state index in [9.17, 15) is 9.59 Å². The topological polar surface area (TPSA) is 62.3 Å². The van der Waals surface area contributed by atoms with E-state index in [0.29, 0.717) is 18.7 Å². The van der Waals surface area contributed by atoms with E-state index in [0.717, 1.165) is 11.1 Å². The van der Waals surface area contributed by atoms with Gasteiger partial charge in [0.25, 0.3) is 11.8 Å². The Labute approximate surface area is 158 Å². The molecule has 0 saturated heterocycles. The maximum atomic E-state index is 12.6. The van der Waals surface area contributed by atoms with Crippen molar-refractivity contribution in [3.8, 4) is 0 Å². The highest BCUT2D eigenvalue weighted by Crippen LogP contribution is 2.09. The van der Waals surface area contributed by atoms with Gasteiger partial charge >= 0.3 is 0 Å². The number of carbonyl (C=O) groups is 2. The van der Waals surface area contributed by atoms with E-state index < -0.39 is 0 Å². The Kier molecular flexibility index (Phi) is 5.94. The first kappa shape index (κ1) is 18.3. The van der Waals surface area contributed by atoms with Gasteiger partial charge in [-0.3, -0.25) is 14.6 Å². The fraction of sp³-hybridized carbons (Fsp3) is 0.136. The van der Waals surface area contributed by atoms with E-state index in [1.807, 2.05) is 60.7 Å². The molecule has 0 fully saturated rings. The summed E-state index contributed by atoms with van der Waals surface area (Å²) < 4.78 is 0. The molecule has 1 heterocycles. The zero-order valence-corrected chi connectivity index (χ0v) is 15.1. The SMILES string of the molecule is CN(Cc1ccccc1)C(=O)c1cc(C(=O)NCc2ccccc2)ccn1. The van der Waals surface area contributed by atoms with Gasteiger partial charge in [0, 0.05) is 31.9 Å². The number of hydrogen-bond acceptors (Lipinski definition) is 3. The molecule has 2 aromatic carbocycles. The zero-order chi connectivity index (χ0) is 19.1. The first-order valence-corrected chi connectivity index (χ1v) is 8.71. The minimum atomic E-state index is -0.235. The maximum Gasteiger partial charge on any atom is 0.272 e. The fourth-order valence-electron chi connectivity index (χ4n) is 2.69. The number of nitrogens with one attached hydrogen (secondary N) is 1. The first-order valence-electron chi connectivity index (χ1n) is 8.71. The van der Waals surface area contributed by atoms with Gasteiger partial charge in [-0.15, -0.1) is 0 Å². The van der Waals surface area contributed by atoms with E-state index in [-0.39, 0.29) is 17.5 Å². The van der Waals surface area contributed by atoms with Crippen LogP contribution in [0.3, 0.4) is 0 Å². The Morgan fingerprint density at radius 1 is 0.926 bits per heavy atom. The number of hydrogen-bond donors (Lipinski definition) is 1. The van der Waals surface area contributed by atoms with E-state index >= 15 is 0 Å². The van der Waals surface area contributed by atoms with Gasteiger partial charge in [-0.1, -0.05) is 60.7 Å². The average Bonchev–Trinajstić information content (AvgIpc) is 2.73. The third kappa shape index (κ3) is 5.01. The Balaban J connectivity index is 1.65. The molecule has 0 atom stereocenters. The third-order valence-corrected chi connectivity index (χ3v) is 4.15. The summed E-state index contributed by atoms with van der Waals surface area (Å²) >= 11 is 0. The number of pyridine rings is 1. The van der Waals surface area contributed by atoms with Crippen molar-refractivity contribution in [3.05, 3.63) is 101 Å². The molecule has 27 heavy (non-hydrogen) atoms. The predicted molar refractivity (Wildman–Crippen MR) is 104 cm³/mol. The summed E-state index contributed by atoms with van der Waals surface area (Å²) in [7, 11) is 1.72. The van der Waals surface area contributed by atoms with Gasteiger partial charge in [0.15, 0.2) is 0 Å². The summed E-state index contributed by atoms with van der Waals surface area (Å²) in [6.45, 7) is 0.908. The molecule has 0 unspecified atom stereocenters. The second-order valence-electron chi connectivity index (χ2n) is 6.24. The van der Waals surface area contributed by atoms with Crippen LogP contribution in [0, 0.1) is 0 Å². The van der Waals surface area contributed by atoms with Crippen molar-refractivity contribution in [1.29, 1.82) is 0 Å². The molecule has 1 aromatic heterocycles. The molecular weight excluding hydrogens is 338 g/mol. The van der Waals surface area contributed by atoms with Crippen LogP contribution >= 0.6 is 0 Å². The zero-order valence-electron chi connectivity index (χ0n) is 15.1. The molecule has 3 rings (SSSR count). The summed E-state index contributed by atoms with van der Waals surface area (Å²) in [5.41, 5.74) is 2.71. The van der Waals surface area contributed by atoms with Crippen LogP contribution in [0.15, 0.2) is 79.0 Å². The quantitative estimate of drug-likeness (QED) is 0.735. The number of nitrogens with zero attached hydrogens (tertiary/aromatic N) is 2. The summed E-state index contributed by atoms with van der Waals surface area (Å²) in [5, 5.41) is 2.86. The molecule has 0 aliphatic rings. The van der Waals surface area contributed by atoms with Crippen LogP contribution in [-0.2, 0) is 13.1 Å². The minimum Gasteiger partial charge on any atom is -0.348 e. The van der Waals surface area contributed by atoms with Crippen molar-refractivity contribution in [2.45, 2.75) is 13.1 Å². The highest BCUT2D eigenvalue weighted by Gasteiger charge is 2.16. The van der Waals surface area contributed by atoms with E-state index in [1.54, 1.807) is 18.0 Å². The Morgan fingerprint density at radius 2 is 1.56 bits per heavy atom. The smallest absolute Gasteiger partial charge is 0.272 e. The number of aromatic nitrogens is 1. The Morgan fingerprint density at radius 3 is 2.22 bits per heavy atom. The predicted octanol–water partition coefficient (Wildman–Crippen LogP) is 3.28. The molecule has 0 saturated carbocycles.